The van der Waals surface area contributed by atoms with Gasteiger partial charge in [-0.05, 0) is 24.6 Å². The van der Waals surface area contributed by atoms with Gasteiger partial charge in [0.25, 0.3) is 0 Å². The van der Waals surface area contributed by atoms with Gasteiger partial charge in [0.15, 0.2) is 0 Å². The SMILES string of the molecule is Cc1cc2cc(C(=O)OCc3ccccc3)c(C(C)(C)C)nc2s1. The molecule has 1 aromatic carbocycles. The lowest BCUT2D eigenvalue weighted by Gasteiger charge is -2.21. The average molecular weight is 339 g/mol. The van der Waals surface area contributed by atoms with E-state index in [2.05, 4.69) is 33.8 Å². The summed E-state index contributed by atoms with van der Waals surface area (Å²) < 4.78 is 5.53. The van der Waals surface area contributed by atoms with E-state index in [1.165, 1.54) is 4.88 Å². The number of nitrogens with zero attached hydrogens (tertiary/aromatic N) is 1. The van der Waals surface area contributed by atoms with Gasteiger partial charge in [0.05, 0.1) is 11.3 Å². The smallest absolute Gasteiger partial charge is 0.340 e. The fraction of sp³-hybridized carbons (Fsp3) is 0.300. The van der Waals surface area contributed by atoms with Crippen LogP contribution in [0.15, 0.2) is 42.5 Å². The lowest BCUT2D eigenvalue weighted by Crippen LogP contribution is -2.20. The monoisotopic (exact) mass is 339 g/mol. The maximum Gasteiger partial charge on any atom is 0.340 e. The minimum atomic E-state index is -0.318. The number of hydrogen-bond donors (Lipinski definition) is 0. The van der Waals surface area contributed by atoms with Crippen LogP contribution in [0.3, 0.4) is 0 Å². The van der Waals surface area contributed by atoms with Crippen molar-refractivity contribution in [3.63, 3.8) is 0 Å². The van der Waals surface area contributed by atoms with Crippen LogP contribution in [0, 0.1) is 6.92 Å². The first kappa shape index (κ1) is 16.7. The molecule has 3 nitrogen and oxygen atoms in total. The summed E-state index contributed by atoms with van der Waals surface area (Å²) in [4.78, 5) is 19.6. The summed E-state index contributed by atoms with van der Waals surface area (Å²) in [5, 5.41) is 0.997. The summed E-state index contributed by atoms with van der Waals surface area (Å²) in [6.45, 7) is 8.52. The van der Waals surface area contributed by atoms with Crippen molar-refractivity contribution in [2.45, 2.75) is 39.7 Å². The molecule has 0 amide bonds. The second-order valence-corrected chi connectivity index (χ2v) is 8.18. The molecule has 24 heavy (non-hydrogen) atoms. The number of pyridine rings is 1. The largest absolute Gasteiger partial charge is 0.457 e. The van der Waals surface area contributed by atoms with Gasteiger partial charge < -0.3 is 4.74 Å². The van der Waals surface area contributed by atoms with Gasteiger partial charge in [0, 0.05) is 15.7 Å². The Morgan fingerprint density at radius 1 is 1.17 bits per heavy atom. The second-order valence-electron chi connectivity index (χ2n) is 6.95. The summed E-state index contributed by atoms with van der Waals surface area (Å²) in [5.41, 5.74) is 2.09. The lowest BCUT2D eigenvalue weighted by molar-refractivity contribution is 0.0469. The number of rotatable bonds is 3. The number of aryl methyl sites for hydroxylation is 1. The van der Waals surface area contributed by atoms with Crippen LogP contribution in [0.1, 0.15) is 47.3 Å². The van der Waals surface area contributed by atoms with E-state index < -0.39 is 0 Å². The molecule has 0 bridgehead atoms. The Bertz CT molecular complexity index is 876. The van der Waals surface area contributed by atoms with Gasteiger partial charge >= 0.3 is 5.97 Å². The molecule has 124 valence electrons. The van der Waals surface area contributed by atoms with Crippen LogP contribution in [0.2, 0.25) is 0 Å². The molecule has 0 saturated carbocycles. The lowest BCUT2D eigenvalue weighted by atomic mass is 9.88. The van der Waals surface area contributed by atoms with Crippen LogP contribution in [0.4, 0.5) is 0 Å². The van der Waals surface area contributed by atoms with Gasteiger partial charge in [-0.3, -0.25) is 0 Å². The topological polar surface area (TPSA) is 39.2 Å². The maximum absolute atomic E-state index is 12.7. The summed E-state index contributed by atoms with van der Waals surface area (Å²) in [6, 6.07) is 13.7. The van der Waals surface area contributed by atoms with Crippen molar-refractivity contribution < 1.29 is 9.53 Å². The molecular weight excluding hydrogens is 318 g/mol. The van der Waals surface area contributed by atoms with Crippen molar-refractivity contribution in [2.24, 2.45) is 0 Å². The van der Waals surface area contributed by atoms with E-state index in [0.29, 0.717) is 5.56 Å². The third kappa shape index (κ3) is 3.49. The highest BCUT2D eigenvalue weighted by Crippen LogP contribution is 2.31. The third-order valence-corrected chi connectivity index (χ3v) is 4.73. The average Bonchev–Trinajstić information content (AvgIpc) is 2.90. The molecule has 0 aliphatic rings. The van der Waals surface area contributed by atoms with Crippen molar-refractivity contribution in [1.82, 2.24) is 4.98 Å². The summed E-state index contributed by atoms with van der Waals surface area (Å²) in [6.07, 6.45) is 0. The van der Waals surface area contributed by atoms with Gasteiger partial charge in [0.2, 0.25) is 0 Å². The van der Waals surface area contributed by atoms with Crippen LogP contribution in [-0.4, -0.2) is 11.0 Å². The van der Waals surface area contributed by atoms with Crippen LogP contribution in [-0.2, 0) is 16.8 Å². The predicted octanol–water partition coefficient (Wildman–Crippen LogP) is 5.26. The number of aromatic nitrogens is 1. The van der Waals surface area contributed by atoms with Gasteiger partial charge in [-0.1, -0.05) is 51.1 Å². The molecule has 0 fully saturated rings. The number of carbonyl (C=O) groups is 1. The van der Waals surface area contributed by atoms with Crippen molar-refractivity contribution in [2.75, 3.05) is 0 Å². The Morgan fingerprint density at radius 3 is 2.54 bits per heavy atom. The van der Waals surface area contributed by atoms with Gasteiger partial charge in [0.1, 0.15) is 11.4 Å². The Hall–Kier alpha value is -2.20. The molecule has 0 saturated heterocycles. The zero-order valence-corrected chi connectivity index (χ0v) is 15.2. The molecular formula is C20H21NO2S. The number of ether oxygens (including phenoxy) is 1. The third-order valence-electron chi connectivity index (χ3n) is 3.77. The minimum absolute atomic E-state index is 0.229. The Kier molecular flexibility index (Phi) is 4.41. The quantitative estimate of drug-likeness (QED) is 0.611. The van der Waals surface area contributed by atoms with Crippen molar-refractivity contribution in [1.29, 1.82) is 0 Å². The Morgan fingerprint density at radius 2 is 1.88 bits per heavy atom. The first-order valence-electron chi connectivity index (χ1n) is 7.97. The number of thiophene rings is 1. The fourth-order valence-corrected chi connectivity index (χ4v) is 3.49. The molecule has 4 heteroatoms. The van der Waals surface area contributed by atoms with E-state index in [9.17, 15) is 4.79 Å². The zero-order valence-electron chi connectivity index (χ0n) is 14.4. The first-order chi connectivity index (χ1) is 11.3. The standard InChI is InChI=1S/C20H21NO2S/c1-13-10-15-11-16(17(20(2,3)4)21-18(15)24-13)19(22)23-12-14-8-6-5-7-9-14/h5-11H,12H2,1-4H3. The zero-order chi connectivity index (χ0) is 17.3. The highest BCUT2D eigenvalue weighted by Gasteiger charge is 2.25. The molecule has 0 spiro atoms. The van der Waals surface area contributed by atoms with Crippen molar-refractivity contribution in [3.8, 4) is 0 Å². The van der Waals surface area contributed by atoms with E-state index in [-0.39, 0.29) is 18.0 Å². The van der Waals surface area contributed by atoms with Crippen LogP contribution in [0.5, 0.6) is 0 Å². The van der Waals surface area contributed by atoms with E-state index in [0.717, 1.165) is 21.5 Å². The summed E-state index contributed by atoms with van der Waals surface area (Å²) >= 11 is 1.65. The van der Waals surface area contributed by atoms with Crippen molar-refractivity contribution >= 4 is 27.5 Å². The number of fused-ring (bicyclic) bond motifs is 1. The highest BCUT2D eigenvalue weighted by atomic mass is 32.1. The normalized spacial score (nSPS) is 11.7. The molecule has 2 aromatic heterocycles. The van der Waals surface area contributed by atoms with E-state index in [1.54, 1.807) is 11.3 Å². The van der Waals surface area contributed by atoms with E-state index in [4.69, 9.17) is 9.72 Å². The van der Waals surface area contributed by atoms with Crippen molar-refractivity contribution in [3.05, 3.63) is 64.2 Å². The first-order valence-corrected chi connectivity index (χ1v) is 8.79. The van der Waals surface area contributed by atoms with Crippen LogP contribution >= 0.6 is 11.3 Å². The summed E-state index contributed by atoms with van der Waals surface area (Å²) in [7, 11) is 0. The molecule has 2 heterocycles. The molecule has 0 radical (unpaired) electrons. The number of carbonyl (C=O) groups excluding carboxylic acids is 1. The Labute approximate surface area is 146 Å². The molecule has 0 atom stereocenters. The molecule has 0 unspecified atom stereocenters. The molecule has 3 aromatic rings. The predicted molar refractivity (Wildman–Crippen MR) is 98.6 cm³/mol. The molecule has 3 rings (SSSR count). The van der Waals surface area contributed by atoms with E-state index >= 15 is 0 Å². The van der Waals surface area contributed by atoms with Crippen LogP contribution < -0.4 is 0 Å². The maximum atomic E-state index is 12.7. The Balaban J connectivity index is 1.95. The number of esters is 1. The van der Waals surface area contributed by atoms with Gasteiger partial charge in [-0.25, -0.2) is 9.78 Å². The number of benzene rings is 1. The van der Waals surface area contributed by atoms with Gasteiger partial charge in [-0.15, -0.1) is 11.3 Å². The molecule has 0 aliphatic carbocycles. The molecule has 0 aliphatic heterocycles. The number of hydrogen-bond acceptors (Lipinski definition) is 4. The van der Waals surface area contributed by atoms with Crippen LogP contribution in [0.25, 0.3) is 10.2 Å². The summed E-state index contributed by atoms with van der Waals surface area (Å²) in [5.74, 6) is -0.318. The van der Waals surface area contributed by atoms with Gasteiger partial charge in [-0.2, -0.15) is 0 Å². The minimum Gasteiger partial charge on any atom is -0.457 e. The highest BCUT2D eigenvalue weighted by molar-refractivity contribution is 7.18. The molecule has 0 N–H and O–H groups in total. The van der Waals surface area contributed by atoms with E-state index in [1.807, 2.05) is 36.4 Å². The second kappa shape index (κ2) is 6.36. The fourth-order valence-electron chi connectivity index (χ4n) is 2.63.